The van der Waals surface area contributed by atoms with E-state index in [1.165, 1.54) is 0 Å². The summed E-state index contributed by atoms with van der Waals surface area (Å²) in [5.41, 5.74) is 1.55. The zero-order valence-electron chi connectivity index (χ0n) is 8.43. The van der Waals surface area contributed by atoms with Crippen LogP contribution in [0.1, 0.15) is 12.0 Å². The Balaban J connectivity index is 2.54. The van der Waals surface area contributed by atoms with Crippen molar-refractivity contribution in [1.82, 2.24) is 4.72 Å². The Hall–Kier alpha value is -1.69. The first-order valence-electron chi connectivity index (χ1n) is 4.63. The number of thiol groups is 1. The summed E-state index contributed by atoms with van der Waals surface area (Å²) in [6, 6.07) is 6.55. The predicted octanol–water partition coefficient (Wildman–Crippen LogP) is 1.67. The van der Waals surface area contributed by atoms with Crippen molar-refractivity contribution in [3.63, 3.8) is 0 Å². The van der Waals surface area contributed by atoms with Crippen LogP contribution in [0, 0.1) is 0 Å². The Morgan fingerprint density at radius 2 is 1.88 bits per heavy atom. The number of aliphatic carboxylic acids is 1. The fraction of sp³-hybridized carbons (Fsp3) is 0.200. The molecule has 0 atom stereocenters. The standard InChI is InChI=1S/C10H12N2O3S/c13-9(14)6-3-7-1-4-8(5-2-7)11-10(15)12-16/h1-2,4-5,16H,3,6H2,(H,13,14)(H2,11,12,15). The van der Waals surface area contributed by atoms with E-state index in [-0.39, 0.29) is 6.42 Å². The van der Waals surface area contributed by atoms with Gasteiger partial charge in [0.05, 0.1) is 0 Å². The second-order valence-corrected chi connectivity index (χ2v) is 3.38. The smallest absolute Gasteiger partial charge is 0.329 e. The highest BCUT2D eigenvalue weighted by molar-refractivity contribution is 7.78. The van der Waals surface area contributed by atoms with Crippen molar-refractivity contribution in [2.45, 2.75) is 12.8 Å². The molecule has 0 aromatic heterocycles. The van der Waals surface area contributed by atoms with Gasteiger partial charge in [0.2, 0.25) is 0 Å². The number of aryl methyl sites for hydroxylation is 1. The maximum absolute atomic E-state index is 10.9. The molecule has 0 bridgehead atoms. The molecule has 0 radical (unpaired) electrons. The number of carboxylic acid groups (broad SMARTS) is 1. The lowest BCUT2D eigenvalue weighted by molar-refractivity contribution is -0.136. The quantitative estimate of drug-likeness (QED) is 0.604. The number of hydrogen-bond donors (Lipinski definition) is 4. The molecule has 0 spiro atoms. The molecule has 5 nitrogen and oxygen atoms in total. The van der Waals surface area contributed by atoms with Crippen LogP contribution in [0.15, 0.2) is 24.3 Å². The number of rotatable bonds is 4. The minimum Gasteiger partial charge on any atom is -0.481 e. The van der Waals surface area contributed by atoms with Crippen molar-refractivity contribution in [3.05, 3.63) is 29.8 Å². The molecule has 86 valence electrons. The Kier molecular flexibility index (Phi) is 4.65. The molecule has 0 fully saturated rings. The Labute approximate surface area is 98.4 Å². The van der Waals surface area contributed by atoms with E-state index in [2.05, 4.69) is 22.9 Å². The average Bonchev–Trinajstić information content (AvgIpc) is 2.28. The van der Waals surface area contributed by atoms with Crippen molar-refractivity contribution in [2.75, 3.05) is 5.32 Å². The van der Waals surface area contributed by atoms with Crippen LogP contribution in [0.4, 0.5) is 10.5 Å². The normalized spacial score (nSPS) is 9.56. The van der Waals surface area contributed by atoms with Crippen LogP contribution in [0.3, 0.4) is 0 Å². The van der Waals surface area contributed by atoms with Crippen molar-refractivity contribution in [3.8, 4) is 0 Å². The van der Waals surface area contributed by atoms with E-state index >= 15 is 0 Å². The summed E-state index contributed by atoms with van der Waals surface area (Å²) in [6.45, 7) is 0. The van der Waals surface area contributed by atoms with Gasteiger partial charge in [-0.25, -0.2) is 4.79 Å². The molecular formula is C10H12N2O3S. The van der Waals surface area contributed by atoms with Gasteiger partial charge in [0.1, 0.15) is 0 Å². The maximum atomic E-state index is 10.9. The molecule has 0 aliphatic carbocycles. The van der Waals surface area contributed by atoms with E-state index in [1.54, 1.807) is 24.3 Å². The first-order chi connectivity index (χ1) is 7.61. The average molecular weight is 240 g/mol. The SMILES string of the molecule is O=C(O)CCc1ccc(NC(=O)NS)cc1. The number of amides is 2. The fourth-order valence-corrected chi connectivity index (χ4v) is 1.22. The van der Waals surface area contributed by atoms with Crippen LogP contribution in [-0.2, 0) is 11.2 Å². The van der Waals surface area contributed by atoms with Crippen molar-refractivity contribution in [1.29, 1.82) is 0 Å². The van der Waals surface area contributed by atoms with Gasteiger partial charge < -0.3 is 10.4 Å². The number of urea groups is 1. The van der Waals surface area contributed by atoms with Crippen molar-refractivity contribution >= 4 is 30.5 Å². The molecule has 16 heavy (non-hydrogen) atoms. The topological polar surface area (TPSA) is 78.4 Å². The van der Waals surface area contributed by atoms with Gasteiger partial charge in [0, 0.05) is 12.1 Å². The van der Waals surface area contributed by atoms with Gasteiger partial charge in [-0.15, -0.1) is 0 Å². The second kappa shape index (κ2) is 6.02. The number of nitrogens with one attached hydrogen (secondary N) is 2. The summed E-state index contributed by atoms with van der Waals surface area (Å²) in [4.78, 5) is 21.3. The number of carbonyl (C=O) groups excluding carboxylic acids is 1. The lowest BCUT2D eigenvalue weighted by Crippen LogP contribution is -2.20. The summed E-state index contributed by atoms with van der Waals surface area (Å²) in [5.74, 6) is -0.823. The molecule has 0 aliphatic rings. The van der Waals surface area contributed by atoms with Crippen molar-refractivity contribution in [2.24, 2.45) is 0 Å². The third-order valence-electron chi connectivity index (χ3n) is 1.94. The number of carboxylic acids is 1. The fourth-order valence-electron chi connectivity index (χ4n) is 1.17. The third kappa shape index (κ3) is 4.22. The summed E-state index contributed by atoms with van der Waals surface area (Å²) >= 11 is 3.59. The molecule has 1 rings (SSSR count). The zero-order chi connectivity index (χ0) is 12.0. The Morgan fingerprint density at radius 1 is 1.25 bits per heavy atom. The van der Waals surface area contributed by atoms with E-state index in [0.29, 0.717) is 12.1 Å². The highest BCUT2D eigenvalue weighted by Gasteiger charge is 2.01. The lowest BCUT2D eigenvalue weighted by atomic mass is 10.1. The number of anilines is 1. The van der Waals surface area contributed by atoms with Gasteiger partial charge in [-0.3, -0.25) is 9.52 Å². The molecule has 0 saturated carbocycles. The third-order valence-corrected chi connectivity index (χ3v) is 2.14. The van der Waals surface area contributed by atoms with E-state index in [1.807, 2.05) is 0 Å². The van der Waals surface area contributed by atoms with Crippen LogP contribution >= 0.6 is 12.8 Å². The Morgan fingerprint density at radius 3 is 2.38 bits per heavy atom. The van der Waals surface area contributed by atoms with E-state index in [0.717, 1.165) is 5.56 Å². The predicted molar refractivity (Wildman–Crippen MR) is 63.5 cm³/mol. The first-order valence-corrected chi connectivity index (χ1v) is 5.08. The summed E-state index contributed by atoms with van der Waals surface area (Å²) in [7, 11) is 0. The van der Waals surface area contributed by atoms with Gasteiger partial charge >= 0.3 is 12.0 Å². The molecule has 0 saturated heterocycles. The van der Waals surface area contributed by atoms with Crippen LogP contribution in [-0.4, -0.2) is 17.1 Å². The molecule has 0 unspecified atom stereocenters. The van der Waals surface area contributed by atoms with Gasteiger partial charge in [-0.2, -0.15) is 0 Å². The Bertz CT molecular complexity index is 378. The van der Waals surface area contributed by atoms with Gasteiger partial charge in [-0.05, 0) is 24.1 Å². The van der Waals surface area contributed by atoms with Gasteiger partial charge in [0.25, 0.3) is 0 Å². The van der Waals surface area contributed by atoms with Crippen molar-refractivity contribution < 1.29 is 14.7 Å². The lowest BCUT2D eigenvalue weighted by Gasteiger charge is -2.04. The zero-order valence-corrected chi connectivity index (χ0v) is 9.33. The molecule has 3 N–H and O–H groups in total. The molecular weight excluding hydrogens is 228 g/mol. The molecule has 6 heteroatoms. The molecule has 0 aliphatic heterocycles. The van der Waals surface area contributed by atoms with Crippen LogP contribution in [0.25, 0.3) is 0 Å². The maximum Gasteiger partial charge on any atom is 0.329 e. The molecule has 1 aromatic carbocycles. The van der Waals surface area contributed by atoms with Gasteiger partial charge in [-0.1, -0.05) is 24.9 Å². The van der Waals surface area contributed by atoms with E-state index < -0.39 is 12.0 Å². The highest BCUT2D eigenvalue weighted by atomic mass is 32.1. The molecule has 1 aromatic rings. The molecule has 0 heterocycles. The van der Waals surface area contributed by atoms with E-state index in [4.69, 9.17) is 5.11 Å². The second-order valence-electron chi connectivity index (χ2n) is 3.16. The number of hydrogen-bond acceptors (Lipinski definition) is 3. The minimum absolute atomic E-state index is 0.101. The summed E-state index contributed by atoms with van der Waals surface area (Å²) in [6.07, 6.45) is 0.582. The van der Waals surface area contributed by atoms with Gasteiger partial charge in [0.15, 0.2) is 0 Å². The number of benzene rings is 1. The minimum atomic E-state index is -0.823. The van der Waals surface area contributed by atoms with Crippen LogP contribution in [0.2, 0.25) is 0 Å². The number of carbonyl (C=O) groups is 2. The summed E-state index contributed by atoms with van der Waals surface area (Å²) in [5, 5.41) is 11.0. The summed E-state index contributed by atoms with van der Waals surface area (Å²) < 4.78 is 2.13. The van der Waals surface area contributed by atoms with Crippen LogP contribution in [0.5, 0.6) is 0 Å². The van der Waals surface area contributed by atoms with Crippen LogP contribution < -0.4 is 10.0 Å². The monoisotopic (exact) mass is 240 g/mol. The highest BCUT2D eigenvalue weighted by Crippen LogP contribution is 2.10. The van der Waals surface area contributed by atoms with E-state index in [9.17, 15) is 9.59 Å². The molecule has 2 amide bonds. The first kappa shape index (κ1) is 12.4. The largest absolute Gasteiger partial charge is 0.481 e.